The van der Waals surface area contributed by atoms with Gasteiger partial charge in [0.05, 0.1) is 12.7 Å². The van der Waals surface area contributed by atoms with E-state index in [-0.39, 0.29) is 0 Å². The van der Waals surface area contributed by atoms with Crippen LogP contribution in [0.1, 0.15) is 32.6 Å². The molecular weight excluding hydrogens is 256 g/mol. The maximum absolute atomic E-state index is 5.95. The third-order valence-electron chi connectivity index (χ3n) is 3.84. The van der Waals surface area contributed by atoms with Gasteiger partial charge in [0.1, 0.15) is 5.82 Å². The number of rotatable bonds is 5. The molecule has 1 N–H and O–H groups in total. The molecule has 0 bridgehead atoms. The average molecular weight is 276 g/mol. The zero-order valence-corrected chi connectivity index (χ0v) is 11.7. The summed E-state index contributed by atoms with van der Waals surface area (Å²) in [6, 6.07) is 3.70. The Morgan fingerprint density at radius 3 is 3.15 bits per heavy atom. The average Bonchev–Trinajstić information content (AvgIpc) is 2.93. The first-order valence-electron chi connectivity index (χ1n) is 7.24. The smallest absolute Gasteiger partial charge is 0.200 e. The summed E-state index contributed by atoms with van der Waals surface area (Å²) < 4.78 is 7.36. The van der Waals surface area contributed by atoms with Crippen molar-refractivity contribution < 1.29 is 4.74 Å². The van der Waals surface area contributed by atoms with Gasteiger partial charge in [0.15, 0.2) is 5.65 Å². The number of anilines is 1. The number of nitrogens with one attached hydrogen (secondary N) is 1. The number of hydrogen-bond donors (Lipinski definition) is 1. The first kappa shape index (κ1) is 13.2. The van der Waals surface area contributed by atoms with E-state index in [1.807, 2.05) is 12.1 Å². The van der Waals surface area contributed by atoms with E-state index in [9.17, 15) is 0 Å². The van der Waals surface area contributed by atoms with E-state index in [2.05, 4.69) is 32.9 Å². The van der Waals surface area contributed by atoms with Crippen LogP contribution in [-0.4, -0.2) is 44.5 Å². The van der Waals surface area contributed by atoms with Gasteiger partial charge in [-0.05, 0) is 41.3 Å². The zero-order chi connectivity index (χ0) is 13.8. The van der Waals surface area contributed by atoms with Crippen molar-refractivity contribution in [3.8, 4) is 0 Å². The van der Waals surface area contributed by atoms with Crippen LogP contribution in [-0.2, 0) is 4.74 Å². The van der Waals surface area contributed by atoms with Crippen molar-refractivity contribution in [1.82, 2.24) is 25.3 Å². The van der Waals surface area contributed by atoms with Gasteiger partial charge in [0, 0.05) is 6.54 Å². The van der Waals surface area contributed by atoms with Gasteiger partial charge in [0.2, 0.25) is 0 Å². The molecule has 108 valence electrons. The number of hydrogen-bond acceptors (Lipinski definition) is 6. The Balaban J connectivity index is 1.45. The second-order valence-corrected chi connectivity index (χ2v) is 5.34. The molecule has 2 aromatic heterocycles. The molecule has 0 amide bonds. The fraction of sp³-hybridized carbons (Fsp3) is 0.692. The van der Waals surface area contributed by atoms with Crippen molar-refractivity contribution in [2.75, 3.05) is 18.5 Å². The Kier molecular flexibility index (Phi) is 4.05. The molecule has 7 heteroatoms. The minimum absolute atomic E-state index is 0.417. The highest BCUT2D eigenvalue weighted by atomic mass is 16.5. The van der Waals surface area contributed by atoms with E-state index < -0.39 is 0 Å². The third kappa shape index (κ3) is 3.04. The third-order valence-corrected chi connectivity index (χ3v) is 3.84. The number of ether oxygens (including phenoxy) is 1. The van der Waals surface area contributed by atoms with Crippen LogP contribution >= 0.6 is 0 Å². The van der Waals surface area contributed by atoms with Gasteiger partial charge in [0.25, 0.3) is 0 Å². The lowest BCUT2D eigenvalue weighted by Gasteiger charge is -2.28. The van der Waals surface area contributed by atoms with Gasteiger partial charge in [-0.25, -0.2) is 0 Å². The standard InChI is InChI=1S/C13H20N6O/c1-10-4-2-3-5-11(10)20-9-8-14-12-6-7-13-15-17-18-19(13)16-12/h6-7,10-11H,2-5,8-9H2,1H3,(H,14,16)/t10-,11-/m1/s1. The van der Waals surface area contributed by atoms with Crippen LogP contribution in [0, 0.1) is 5.92 Å². The van der Waals surface area contributed by atoms with Crippen LogP contribution in [0.25, 0.3) is 5.65 Å². The first-order chi connectivity index (χ1) is 9.83. The number of aromatic nitrogens is 5. The molecule has 1 aliphatic carbocycles. The molecule has 2 heterocycles. The van der Waals surface area contributed by atoms with Gasteiger partial charge in [-0.3, -0.25) is 0 Å². The largest absolute Gasteiger partial charge is 0.376 e. The van der Waals surface area contributed by atoms with Gasteiger partial charge in [-0.1, -0.05) is 19.8 Å². The molecule has 0 saturated heterocycles. The predicted octanol–water partition coefficient (Wildman–Crippen LogP) is 1.53. The minimum Gasteiger partial charge on any atom is -0.376 e. The quantitative estimate of drug-likeness (QED) is 0.834. The lowest BCUT2D eigenvalue weighted by Crippen LogP contribution is -2.27. The lowest BCUT2D eigenvalue weighted by molar-refractivity contribution is 0.000367. The molecule has 20 heavy (non-hydrogen) atoms. The molecule has 7 nitrogen and oxygen atoms in total. The number of fused-ring (bicyclic) bond motifs is 1. The van der Waals surface area contributed by atoms with Crippen molar-refractivity contribution in [1.29, 1.82) is 0 Å². The van der Waals surface area contributed by atoms with E-state index in [1.54, 1.807) is 0 Å². The molecule has 0 aromatic carbocycles. The van der Waals surface area contributed by atoms with Crippen LogP contribution in [0.15, 0.2) is 12.1 Å². The fourth-order valence-electron chi connectivity index (χ4n) is 2.66. The normalized spacial score (nSPS) is 23.1. The first-order valence-corrected chi connectivity index (χ1v) is 7.24. The Hall–Kier alpha value is -1.76. The van der Waals surface area contributed by atoms with Crippen LogP contribution in [0.2, 0.25) is 0 Å². The molecule has 3 rings (SSSR count). The molecule has 1 fully saturated rings. The predicted molar refractivity (Wildman–Crippen MR) is 74.4 cm³/mol. The summed E-state index contributed by atoms with van der Waals surface area (Å²) in [7, 11) is 0. The second-order valence-electron chi connectivity index (χ2n) is 5.34. The summed E-state index contributed by atoms with van der Waals surface area (Å²) in [6.07, 6.45) is 5.53. The van der Waals surface area contributed by atoms with E-state index >= 15 is 0 Å². The monoisotopic (exact) mass is 276 g/mol. The van der Waals surface area contributed by atoms with Gasteiger partial charge in [-0.2, -0.15) is 0 Å². The van der Waals surface area contributed by atoms with E-state index in [4.69, 9.17) is 4.74 Å². The maximum Gasteiger partial charge on any atom is 0.200 e. The summed E-state index contributed by atoms with van der Waals surface area (Å²) in [5, 5.41) is 18.6. The molecule has 2 atom stereocenters. The summed E-state index contributed by atoms with van der Waals surface area (Å²) in [4.78, 5) is 0. The summed E-state index contributed by atoms with van der Waals surface area (Å²) >= 11 is 0. The highest BCUT2D eigenvalue weighted by Gasteiger charge is 2.21. The second kappa shape index (κ2) is 6.13. The fourth-order valence-corrected chi connectivity index (χ4v) is 2.66. The van der Waals surface area contributed by atoms with Gasteiger partial charge in [-0.15, -0.1) is 14.8 Å². The van der Waals surface area contributed by atoms with E-state index in [0.717, 1.165) is 12.4 Å². The van der Waals surface area contributed by atoms with Crippen molar-refractivity contribution in [3.05, 3.63) is 12.1 Å². The summed E-state index contributed by atoms with van der Waals surface area (Å²) in [6.45, 7) is 3.72. The Bertz CT molecular complexity index is 557. The summed E-state index contributed by atoms with van der Waals surface area (Å²) in [5.41, 5.74) is 0.642. The van der Waals surface area contributed by atoms with E-state index in [0.29, 0.717) is 24.3 Å². The SMILES string of the molecule is C[C@@H]1CCCC[C@H]1OCCNc1ccc2nnnn2n1. The molecule has 0 radical (unpaired) electrons. The molecule has 0 unspecified atom stereocenters. The van der Waals surface area contributed by atoms with Crippen LogP contribution in [0.3, 0.4) is 0 Å². The Morgan fingerprint density at radius 2 is 2.25 bits per heavy atom. The minimum atomic E-state index is 0.417. The van der Waals surface area contributed by atoms with Crippen LogP contribution < -0.4 is 5.32 Å². The Labute approximate surface area is 117 Å². The van der Waals surface area contributed by atoms with Crippen molar-refractivity contribution in [2.45, 2.75) is 38.7 Å². The van der Waals surface area contributed by atoms with Crippen molar-refractivity contribution in [3.63, 3.8) is 0 Å². The molecule has 0 aliphatic heterocycles. The molecule has 1 aliphatic rings. The van der Waals surface area contributed by atoms with Crippen molar-refractivity contribution >= 4 is 11.5 Å². The van der Waals surface area contributed by atoms with Gasteiger partial charge < -0.3 is 10.1 Å². The molecule has 2 aromatic rings. The van der Waals surface area contributed by atoms with Crippen molar-refractivity contribution in [2.24, 2.45) is 5.92 Å². The van der Waals surface area contributed by atoms with Crippen LogP contribution in [0.4, 0.5) is 5.82 Å². The highest BCUT2D eigenvalue weighted by molar-refractivity contribution is 5.41. The van der Waals surface area contributed by atoms with Gasteiger partial charge >= 0.3 is 0 Å². The topological polar surface area (TPSA) is 77.2 Å². The Morgan fingerprint density at radius 1 is 1.35 bits per heavy atom. The van der Waals surface area contributed by atoms with E-state index in [1.165, 1.54) is 30.3 Å². The highest BCUT2D eigenvalue weighted by Crippen LogP contribution is 2.26. The lowest BCUT2D eigenvalue weighted by atomic mass is 9.88. The maximum atomic E-state index is 5.95. The summed E-state index contributed by atoms with van der Waals surface area (Å²) in [5.74, 6) is 1.43. The number of nitrogens with zero attached hydrogens (tertiary/aromatic N) is 5. The number of tetrazole rings is 1. The molecule has 1 saturated carbocycles. The molecule has 0 spiro atoms. The molecular formula is C13H20N6O. The zero-order valence-electron chi connectivity index (χ0n) is 11.7. The van der Waals surface area contributed by atoms with Crippen LogP contribution in [0.5, 0.6) is 0 Å².